The molecule has 5 unspecified atom stereocenters. The van der Waals surface area contributed by atoms with Crippen molar-refractivity contribution in [3.8, 4) is 0 Å². The van der Waals surface area contributed by atoms with Crippen molar-refractivity contribution in [2.45, 2.75) is 64.7 Å². The van der Waals surface area contributed by atoms with Gasteiger partial charge in [-0.05, 0) is 74.5 Å². The lowest BCUT2D eigenvalue weighted by atomic mass is 9.60. The van der Waals surface area contributed by atoms with E-state index in [1.54, 1.807) is 51.4 Å². The minimum absolute atomic E-state index is 1.09. The van der Waals surface area contributed by atoms with E-state index in [4.69, 9.17) is 0 Å². The maximum absolute atomic E-state index is 2.38. The Labute approximate surface area is 94.8 Å². The van der Waals surface area contributed by atoms with Crippen molar-refractivity contribution >= 4 is 0 Å². The number of hydrogen-bond donors (Lipinski definition) is 0. The van der Waals surface area contributed by atoms with Crippen LogP contribution in [0.1, 0.15) is 64.7 Å². The molecule has 0 nitrogen and oxygen atoms in total. The van der Waals surface area contributed by atoms with Gasteiger partial charge in [0.15, 0.2) is 0 Å². The molecule has 86 valence electrons. The molecule has 0 aromatic carbocycles. The third-order valence-corrected chi connectivity index (χ3v) is 5.91. The molecule has 3 rings (SSSR count). The van der Waals surface area contributed by atoms with E-state index >= 15 is 0 Å². The summed E-state index contributed by atoms with van der Waals surface area (Å²) in [7, 11) is 0. The van der Waals surface area contributed by atoms with Crippen molar-refractivity contribution in [3.63, 3.8) is 0 Å². The van der Waals surface area contributed by atoms with E-state index in [0.29, 0.717) is 0 Å². The van der Waals surface area contributed by atoms with Gasteiger partial charge >= 0.3 is 0 Å². The van der Waals surface area contributed by atoms with Crippen molar-refractivity contribution in [1.82, 2.24) is 0 Å². The van der Waals surface area contributed by atoms with Crippen LogP contribution in [0.15, 0.2) is 0 Å². The summed E-state index contributed by atoms with van der Waals surface area (Å²) in [6.07, 6.45) is 14.1. The van der Waals surface area contributed by atoms with E-state index in [2.05, 4.69) is 6.92 Å². The average Bonchev–Trinajstić information content (AvgIpc) is 2.68. The Bertz CT molecular complexity index is 220. The Morgan fingerprint density at radius 2 is 1.20 bits per heavy atom. The van der Waals surface area contributed by atoms with Crippen LogP contribution in [0.3, 0.4) is 0 Å². The lowest BCUT2D eigenvalue weighted by Crippen LogP contribution is -2.34. The van der Waals surface area contributed by atoms with E-state index < -0.39 is 0 Å². The van der Waals surface area contributed by atoms with Crippen LogP contribution >= 0.6 is 0 Å². The molecule has 0 heterocycles. The topological polar surface area (TPSA) is 0 Å². The zero-order valence-electron chi connectivity index (χ0n) is 10.3. The molecule has 0 heteroatoms. The molecular formula is C15H26. The van der Waals surface area contributed by atoms with E-state index in [-0.39, 0.29) is 0 Å². The third kappa shape index (κ3) is 1.85. The summed E-state index contributed by atoms with van der Waals surface area (Å²) in [6.45, 7) is 2.38. The molecule has 3 aliphatic carbocycles. The SMILES string of the molecule is CCC1CCC(C2CCC3CCC3C2)C1. The maximum atomic E-state index is 2.38. The van der Waals surface area contributed by atoms with Gasteiger partial charge < -0.3 is 0 Å². The number of hydrogen-bond acceptors (Lipinski definition) is 0. The van der Waals surface area contributed by atoms with Gasteiger partial charge in [0.05, 0.1) is 0 Å². The van der Waals surface area contributed by atoms with Gasteiger partial charge in [-0.3, -0.25) is 0 Å². The predicted octanol–water partition coefficient (Wildman–Crippen LogP) is 4.64. The van der Waals surface area contributed by atoms with Crippen LogP contribution < -0.4 is 0 Å². The molecule has 0 aliphatic heterocycles. The lowest BCUT2D eigenvalue weighted by Gasteiger charge is -2.45. The van der Waals surface area contributed by atoms with Crippen LogP contribution in [-0.2, 0) is 0 Å². The highest BCUT2D eigenvalue weighted by Gasteiger charge is 2.40. The van der Waals surface area contributed by atoms with Crippen LogP contribution in [0.5, 0.6) is 0 Å². The van der Waals surface area contributed by atoms with Gasteiger partial charge in [-0.1, -0.05) is 19.8 Å². The van der Waals surface area contributed by atoms with Gasteiger partial charge in [0, 0.05) is 0 Å². The largest absolute Gasteiger partial charge is 0.0651 e. The number of rotatable bonds is 2. The number of fused-ring (bicyclic) bond motifs is 1. The van der Waals surface area contributed by atoms with Gasteiger partial charge in [0.2, 0.25) is 0 Å². The molecule has 0 aromatic heterocycles. The Hall–Kier alpha value is 0. The van der Waals surface area contributed by atoms with Crippen LogP contribution in [0, 0.1) is 29.6 Å². The fourth-order valence-corrected chi connectivity index (χ4v) is 4.60. The smallest absolute Gasteiger partial charge is 0.0383 e. The van der Waals surface area contributed by atoms with Gasteiger partial charge in [-0.15, -0.1) is 0 Å². The molecule has 3 saturated carbocycles. The Kier molecular flexibility index (Phi) is 2.79. The summed E-state index contributed by atoms with van der Waals surface area (Å²) in [4.78, 5) is 0. The molecule has 0 saturated heterocycles. The zero-order chi connectivity index (χ0) is 10.3. The molecule has 0 bridgehead atoms. The minimum Gasteiger partial charge on any atom is -0.0651 e. The van der Waals surface area contributed by atoms with Gasteiger partial charge in [-0.2, -0.15) is 0 Å². The van der Waals surface area contributed by atoms with Gasteiger partial charge in [0.1, 0.15) is 0 Å². The van der Waals surface area contributed by atoms with E-state index in [1.807, 2.05) is 0 Å². The first kappa shape index (κ1) is 10.2. The van der Waals surface area contributed by atoms with Crippen LogP contribution in [0.4, 0.5) is 0 Å². The Balaban J connectivity index is 1.54. The molecule has 5 atom stereocenters. The summed E-state index contributed by atoms with van der Waals surface area (Å²) in [6, 6.07) is 0. The van der Waals surface area contributed by atoms with E-state index in [1.165, 1.54) is 18.3 Å². The first-order valence-electron chi connectivity index (χ1n) is 7.36. The van der Waals surface area contributed by atoms with Crippen molar-refractivity contribution in [3.05, 3.63) is 0 Å². The summed E-state index contributed by atoms with van der Waals surface area (Å²) in [5, 5.41) is 0. The second-order valence-corrected chi connectivity index (χ2v) is 6.52. The average molecular weight is 206 g/mol. The molecule has 0 N–H and O–H groups in total. The molecule has 0 radical (unpaired) electrons. The normalized spacial score (nSPS) is 49.8. The minimum atomic E-state index is 1.09. The quantitative estimate of drug-likeness (QED) is 0.617. The zero-order valence-corrected chi connectivity index (χ0v) is 10.3. The molecule has 3 fully saturated rings. The van der Waals surface area contributed by atoms with Gasteiger partial charge in [0.25, 0.3) is 0 Å². The van der Waals surface area contributed by atoms with E-state index in [0.717, 1.165) is 17.8 Å². The maximum Gasteiger partial charge on any atom is -0.0383 e. The molecule has 0 amide bonds. The second kappa shape index (κ2) is 4.11. The Morgan fingerprint density at radius 1 is 0.667 bits per heavy atom. The molecule has 0 spiro atoms. The van der Waals surface area contributed by atoms with Crippen LogP contribution in [0.25, 0.3) is 0 Å². The highest BCUT2D eigenvalue weighted by Crippen LogP contribution is 2.51. The fourth-order valence-electron chi connectivity index (χ4n) is 4.60. The molecular weight excluding hydrogens is 180 g/mol. The molecule has 3 aliphatic rings. The van der Waals surface area contributed by atoms with Crippen molar-refractivity contribution < 1.29 is 0 Å². The monoisotopic (exact) mass is 206 g/mol. The predicted molar refractivity (Wildman–Crippen MR) is 64.7 cm³/mol. The molecule has 0 aromatic rings. The summed E-state index contributed by atoms with van der Waals surface area (Å²) < 4.78 is 0. The third-order valence-electron chi connectivity index (χ3n) is 5.91. The molecule has 15 heavy (non-hydrogen) atoms. The fraction of sp³-hybridized carbons (Fsp3) is 1.00. The summed E-state index contributed by atoms with van der Waals surface area (Å²) in [5.74, 6) is 5.71. The first-order chi connectivity index (χ1) is 7.36. The summed E-state index contributed by atoms with van der Waals surface area (Å²) in [5.41, 5.74) is 0. The highest BCUT2D eigenvalue weighted by molar-refractivity contribution is 4.91. The Morgan fingerprint density at radius 3 is 1.80 bits per heavy atom. The summed E-state index contributed by atoms with van der Waals surface area (Å²) >= 11 is 0. The van der Waals surface area contributed by atoms with E-state index in [9.17, 15) is 0 Å². The second-order valence-electron chi connectivity index (χ2n) is 6.52. The standard InChI is InChI=1S/C15H26/c1-2-11-3-4-13(9-11)15-8-6-12-5-7-14(12)10-15/h11-15H,2-10H2,1H3. The van der Waals surface area contributed by atoms with Crippen LogP contribution in [0.2, 0.25) is 0 Å². The van der Waals surface area contributed by atoms with Crippen LogP contribution in [-0.4, -0.2) is 0 Å². The van der Waals surface area contributed by atoms with Crippen molar-refractivity contribution in [2.75, 3.05) is 0 Å². The lowest BCUT2D eigenvalue weighted by molar-refractivity contribution is 0.0566. The van der Waals surface area contributed by atoms with Crippen molar-refractivity contribution in [1.29, 1.82) is 0 Å². The van der Waals surface area contributed by atoms with Crippen molar-refractivity contribution in [2.24, 2.45) is 29.6 Å². The first-order valence-corrected chi connectivity index (χ1v) is 7.36. The van der Waals surface area contributed by atoms with Gasteiger partial charge in [-0.25, -0.2) is 0 Å². The highest BCUT2D eigenvalue weighted by atomic mass is 14.5.